The number of anilines is 1. The molecule has 10 heteroatoms. The number of nitrogens with zero attached hydrogens (tertiary/aromatic N) is 4. The van der Waals surface area contributed by atoms with Crippen molar-refractivity contribution in [2.75, 3.05) is 11.9 Å². The van der Waals surface area contributed by atoms with E-state index in [0.717, 1.165) is 31.1 Å². The number of hydrogen-bond donors (Lipinski definition) is 3. The van der Waals surface area contributed by atoms with Crippen LogP contribution in [0, 0.1) is 11.2 Å². The predicted molar refractivity (Wildman–Crippen MR) is 116 cm³/mol. The summed E-state index contributed by atoms with van der Waals surface area (Å²) in [5.41, 5.74) is 1.25. The Morgan fingerprint density at radius 2 is 2.23 bits per heavy atom. The van der Waals surface area contributed by atoms with Crippen molar-refractivity contribution in [1.82, 2.24) is 24.2 Å². The van der Waals surface area contributed by atoms with E-state index in [4.69, 9.17) is 11.6 Å². The Labute approximate surface area is 183 Å². The fraction of sp³-hybridized carbons (Fsp3) is 0.400. The van der Waals surface area contributed by atoms with Crippen molar-refractivity contribution in [2.24, 2.45) is 5.41 Å². The molecule has 7 nitrogen and oxygen atoms in total. The molecule has 5 rings (SSSR count). The molecule has 2 fully saturated rings. The molecule has 0 radical (unpaired) electrons. The number of fused-ring (bicyclic) bond motifs is 1. The lowest BCUT2D eigenvalue weighted by Crippen LogP contribution is -2.37. The number of nitrogens with one attached hydrogen (secondary N) is 2. The van der Waals surface area contributed by atoms with Crippen molar-refractivity contribution >= 4 is 47.2 Å². The summed E-state index contributed by atoms with van der Waals surface area (Å²) < 4.78 is 16.1. The summed E-state index contributed by atoms with van der Waals surface area (Å²) in [6.07, 6.45) is 8.70. The zero-order chi connectivity index (χ0) is 20.9. The lowest BCUT2D eigenvalue weighted by Gasteiger charge is -2.37. The van der Waals surface area contributed by atoms with Gasteiger partial charge in [-0.2, -0.15) is 0 Å². The number of pyridine rings is 1. The number of carbonyl (C=O) groups excluding carboxylic acids is 1. The third-order valence-electron chi connectivity index (χ3n) is 6.05. The Morgan fingerprint density at radius 1 is 1.37 bits per heavy atom. The van der Waals surface area contributed by atoms with E-state index < -0.39 is 5.82 Å². The van der Waals surface area contributed by atoms with E-state index in [1.807, 2.05) is 0 Å². The molecule has 1 spiro atoms. The molecule has 2 N–H and O–H groups in total. The van der Waals surface area contributed by atoms with Gasteiger partial charge in [-0.05, 0) is 30.7 Å². The minimum Gasteiger partial charge on any atom is -0.365 e. The van der Waals surface area contributed by atoms with Crippen LogP contribution in [0.2, 0.25) is 5.02 Å². The second kappa shape index (κ2) is 7.39. The average molecular weight is 447 g/mol. The number of thiol groups is 1. The Bertz CT molecular complexity index is 1150. The quantitative estimate of drug-likeness (QED) is 0.532. The first-order valence-electron chi connectivity index (χ1n) is 9.84. The highest BCUT2D eigenvalue weighted by Crippen LogP contribution is 2.42. The number of rotatable bonds is 3. The van der Waals surface area contributed by atoms with Gasteiger partial charge in [0.2, 0.25) is 5.91 Å². The molecule has 156 valence electrons. The van der Waals surface area contributed by atoms with E-state index in [1.54, 1.807) is 22.4 Å². The van der Waals surface area contributed by atoms with Crippen molar-refractivity contribution in [1.29, 1.82) is 0 Å². The molecule has 3 aromatic heterocycles. The molecule has 2 atom stereocenters. The van der Waals surface area contributed by atoms with Crippen molar-refractivity contribution in [3.8, 4) is 11.4 Å². The lowest BCUT2D eigenvalue weighted by atomic mass is 9.71. The van der Waals surface area contributed by atoms with Gasteiger partial charge in [0.15, 0.2) is 23.1 Å². The van der Waals surface area contributed by atoms with Crippen LogP contribution in [0.15, 0.2) is 24.7 Å². The second-order valence-electron chi connectivity index (χ2n) is 8.19. The maximum absolute atomic E-state index is 14.5. The molecule has 1 saturated carbocycles. The van der Waals surface area contributed by atoms with Crippen LogP contribution in [-0.2, 0) is 4.79 Å². The highest BCUT2D eigenvalue weighted by atomic mass is 35.5. The van der Waals surface area contributed by atoms with E-state index in [1.165, 1.54) is 6.20 Å². The minimum atomic E-state index is -0.509. The summed E-state index contributed by atoms with van der Waals surface area (Å²) in [7, 11) is 0. The fourth-order valence-corrected chi connectivity index (χ4v) is 5.11. The van der Waals surface area contributed by atoms with Crippen LogP contribution in [0.5, 0.6) is 0 Å². The van der Waals surface area contributed by atoms with Crippen LogP contribution < -0.4 is 10.6 Å². The van der Waals surface area contributed by atoms with Crippen LogP contribution in [0.25, 0.3) is 22.4 Å². The molecule has 1 aliphatic carbocycles. The second-order valence-corrected chi connectivity index (χ2v) is 9.06. The maximum atomic E-state index is 14.5. The number of halogens is 2. The molecule has 1 aliphatic heterocycles. The Morgan fingerprint density at radius 3 is 3.03 bits per heavy atom. The summed E-state index contributed by atoms with van der Waals surface area (Å²) in [5.74, 6) is 0.115. The molecule has 2 unspecified atom stereocenters. The van der Waals surface area contributed by atoms with Gasteiger partial charge in [-0.1, -0.05) is 30.8 Å². The van der Waals surface area contributed by atoms with E-state index in [-0.39, 0.29) is 23.2 Å². The monoisotopic (exact) mass is 446 g/mol. The van der Waals surface area contributed by atoms with Gasteiger partial charge in [-0.3, -0.25) is 8.77 Å². The van der Waals surface area contributed by atoms with Crippen LogP contribution in [0.3, 0.4) is 0 Å². The predicted octanol–water partition coefficient (Wildman–Crippen LogP) is 3.84. The normalized spacial score (nSPS) is 23.8. The summed E-state index contributed by atoms with van der Waals surface area (Å²) in [6.45, 7) is 0.691. The topological polar surface area (TPSA) is 84.7 Å². The molecule has 0 aromatic carbocycles. The molecular weight excluding hydrogens is 427 g/mol. The molecule has 0 bridgehead atoms. The van der Waals surface area contributed by atoms with Gasteiger partial charge in [0.1, 0.15) is 0 Å². The van der Waals surface area contributed by atoms with Crippen molar-refractivity contribution in [3.05, 3.63) is 35.5 Å². The largest absolute Gasteiger partial charge is 0.365 e. The van der Waals surface area contributed by atoms with Gasteiger partial charge >= 0.3 is 0 Å². The first-order chi connectivity index (χ1) is 14.4. The minimum absolute atomic E-state index is 0.0405. The number of hydrogen-bond acceptors (Lipinski definition) is 6. The smallest absolute Gasteiger partial charge is 0.220 e. The van der Waals surface area contributed by atoms with Gasteiger partial charge < -0.3 is 10.6 Å². The molecule has 3 aromatic rings. The summed E-state index contributed by atoms with van der Waals surface area (Å²) >= 11 is 10.5. The van der Waals surface area contributed by atoms with Crippen LogP contribution >= 0.6 is 24.4 Å². The van der Waals surface area contributed by atoms with Gasteiger partial charge in [-0.25, -0.2) is 19.3 Å². The zero-order valence-corrected chi connectivity index (χ0v) is 17.7. The Hall–Kier alpha value is -2.39. The van der Waals surface area contributed by atoms with Gasteiger partial charge in [0.25, 0.3) is 0 Å². The van der Waals surface area contributed by atoms with Crippen molar-refractivity contribution < 1.29 is 9.18 Å². The van der Waals surface area contributed by atoms with Crippen molar-refractivity contribution in [2.45, 2.75) is 38.1 Å². The SMILES string of the molecule is O=C1CC2(CCCC(Nc3nc(-c4cn(S)c5ncc(Cl)cc45)ncc3F)C2)CN1. The van der Waals surface area contributed by atoms with E-state index in [9.17, 15) is 9.18 Å². The highest BCUT2D eigenvalue weighted by Gasteiger charge is 2.42. The third-order valence-corrected chi connectivity index (χ3v) is 6.56. The van der Waals surface area contributed by atoms with Crippen LogP contribution in [0.1, 0.15) is 32.1 Å². The number of aromatic nitrogens is 4. The van der Waals surface area contributed by atoms with Gasteiger partial charge in [0.05, 0.1) is 11.2 Å². The summed E-state index contributed by atoms with van der Waals surface area (Å²) in [4.78, 5) is 24.7. The first kappa shape index (κ1) is 19.6. The third kappa shape index (κ3) is 3.50. The van der Waals surface area contributed by atoms with E-state index in [0.29, 0.717) is 35.0 Å². The van der Waals surface area contributed by atoms with Gasteiger partial charge in [0, 0.05) is 42.4 Å². The average Bonchev–Trinajstić information content (AvgIpc) is 3.23. The van der Waals surface area contributed by atoms with Crippen LogP contribution in [-0.4, -0.2) is 37.4 Å². The fourth-order valence-electron chi connectivity index (χ4n) is 4.68. The molecule has 2 aliphatic rings. The van der Waals surface area contributed by atoms with E-state index in [2.05, 4.69) is 38.4 Å². The highest BCUT2D eigenvalue weighted by molar-refractivity contribution is 7.78. The number of amides is 1. The molecule has 1 saturated heterocycles. The van der Waals surface area contributed by atoms with Gasteiger partial charge in [-0.15, -0.1) is 0 Å². The number of carbonyl (C=O) groups is 1. The summed E-state index contributed by atoms with van der Waals surface area (Å²) in [5, 5.41) is 7.42. The van der Waals surface area contributed by atoms with Crippen molar-refractivity contribution in [3.63, 3.8) is 0 Å². The maximum Gasteiger partial charge on any atom is 0.220 e. The summed E-state index contributed by atoms with van der Waals surface area (Å²) in [6, 6.07) is 1.81. The standard InChI is InChI=1S/C20H20ClFN6OS/c21-11-4-13-14(9-28(30)19(13)24-7-11)17-23-8-15(22)18(27-17)26-12-2-1-3-20(5-12)6-16(29)25-10-20/h4,7-9,12,30H,1-3,5-6,10H2,(H,25,29)(H,23,26,27). The Kier molecular flexibility index (Phi) is 4.82. The Balaban J connectivity index is 1.45. The molecule has 1 amide bonds. The zero-order valence-electron chi connectivity index (χ0n) is 16.0. The molecule has 4 heterocycles. The van der Waals surface area contributed by atoms with Crippen LogP contribution in [0.4, 0.5) is 10.2 Å². The molecule has 30 heavy (non-hydrogen) atoms. The molecular formula is C20H20ClFN6OS. The first-order valence-corrected chi connectivity index (χ1v) is 10.6. The van der Waals surface area contributed by atoms with E-state index >= 15 is 0 Å². The lowest BCUT2D eigenvalue weighted by molar-refractivity contribution is -0.119.